The van der Waals surface area contributed by atoms with Crippen LogP contribution in [0.1, 0.15) is 36.0 Å². The first-order valence-electron chi connectivity index (χ1n) is 10.2. The van der Waals surface area contributed by atoms with Crippen molar-refractivity contribution < 1.29 is 9.53 Å². The van der Waals surface area contributed by atoms with E-state index in [0.29, 0.717) is 16.7 Å². The third-order valence-corrected chi connectivity index (χ3v) is 6.11. The maximum Gasteiger partial charge on any atom is 0.255 e. The van der Waals surface area contributed by atoms with Gasteiger partial charge in [0, 0.05) is 31.9 Å². The number of nitrogens with zero attached hydrogens (tertiary/aromatic N) is 2. The number of para-hydroxylation sites is 1. The van der Waals surface area contributed by atoms with Crippen molar-refractivity contribution >= 4 is 23.2 Å². The van der Waals surface area contributed by atoms with Gasteiger partial charge in [0.1, 0.15) is 0 Å². The molecule has 2 aromatic carbocycles. The van der Waals surface area contributed by atoms with Crippen molar-refractivity contribution in [3.05, 3.63) is 65.2 Å². The summed E-state index contributed by atoms with van der Waals surface area (Å²) < 4.78 is 6.38. The molecule has 5 heteroatoms. The first-order chi connectivity index (χ1) is 13.7. The smallest absolute Gasteiger partial charge is 0.255 e. The van der Waals surface area contributed by atoms with Crippen LogP contribution in [-0.4, -0.2) is 49.2 Å². The Bertz CT molecular complexity index is 782. The highest BCUT2D eigenvalue weighted by atomic mass is 35.5. The van der Waals surface area contributed by atoms with Crippen LogP contribution in [0.3, 0.4) is 0 Å². The van der Waals surface area contributed by atoms with Crippen LogP contribution in [0, 0.1) is 0 Å². The Morgan fingerprint density at radius 3 is 2.04 bits per heavy atom. The van der Waals surface area contributed by atoms with Crippen molar-refractivity contribution in [2.24, 2.45) is 0 Å². The van der Waals surface area contributed by atoms with Crippen LogP contribution in [0.4, 0.5) is 5.69 Å². The van der Waals surface area contributed by atoms with E-state index in [0.717, 1.165) is 51.9 Å². The summed E-state index contributed by atoms with van der Waals surface area (Å²) in [6.45, 7) is 3.55. The summed E-state index contributed by atoms with van der Waals surface area (Å²) in [5.74, 6) is 0.0280. The molecule has 0 radical (unpaired) electrons. The number of likely N-dealkylation sites (tertiary alicyclic amines) is 1. The van der Waals surface area contributed by atoms with Gasteiger partial charge in [-0.25, -0.2) is 0 Å². The standard InChI is InChI=1S/C23H27ClN2O2/c24-22-9-5-4-8-21(22)23(27)26-16-12-20(13-17-26)28-19-10-14-25(15-11-19)18-6-2-1-3-7-18/h1-9,19-20H,10-17H2. The molecule has 0 saturated carbocycles. The molecule has 1 amide bonds. The Morgan fingerprint density at radius 2 is 1.39 bits per heavy atom. The predicted octanol–water partition coefficient (Wildman–Crippen LogP) is 4.63. The normalized spacial score (nSPS) is 19.0. The van der Waals surface area contributed by atoms with Gasteiger partial charge in [-0.3, -0.25) is 4.79 Å². The second-order valence-electron chi connectivity index (χ2n) is 7.63. The molecule has 0 atom stereocenters. The van der Waals surface area contributed by atoms with Crippen LogP contribution in [0.15, 0.2) is 54.6 Å². The van der Waals surface area contributed by atoms with E-state index in [1.807, 2.05) is 17.0 Å². The lowest BCUT2D eigenvalue weighted by Crippen LogP contribution is -2.43. The highest BCUT2D eigenvalue weighted by Gasteiger charge is 2.28. The van der Waals surface area contributed by atoms with Crippen LogP contribution in [0.25, 0.3) is 0 Å². The monoisotopic (exact) mass is 398 g/mol. The Kier molecular flexibility index (Phi) is 6.18. The van der Waals surface area contributed by atoms with Crippen molar-refractivity contribution in [1.82, 2.24) is 4.90 Å². The third-order valence-electron chi connectivity index (χ3n) is 5.78. The van der Waals surface area contributed by atoms with Gasteiger partial charge in [0.2, 0.25) is 0 Å². The SMILES string of the molecule is O=C(c1ccccc1Cl)N1CCC(OC2CCN(c3ccccc3)CC2)CC1. The average molecular weight is 399 g/mol. The molecule has 2 aliphatic heterocycles. The Labute approximate surface area is 172 Å². The molecular formula is C23H27ClN2O2. The van der Waals surface area contributed by atoms with Gasteiger partial charge in [0.25, 0.3) is 5.91 Å². The zero-order valence-corrected chi connectivity index (χ0v) is 16.9. The number of anilines is 1. The lowest BCUT2D eigenvalue weighted by atomic mass is 10.0. The molecule has 4 rings (SSSR count). The Hall–Kier alpha value is -2.04. The zero-order chi connectivity index (χ0) is 19.3. The summed E-state index contributed by atoms with van der Waals surface area (Å²) in [6, 6.07) is 17.9. The summed E-state index contributed by atoms with van der Waals surface area (Å²) in [7, 11) is 0. The van der Waals surface area contributed by atoms with E-state index in [2.05, 4.69) is 35.2 Å². The zero-order valence-electron chi connectivity index (χ0n) is 16.1. The van der Waals surface area contributed by atoms with E-state index in [4.69, 9.17) is 16.3 Å². The molecule has 0 bridgehead atoms. The van der Waals surface area contributed by atoms with Crippen molar-refractivity contribution in [3.63, 3.8) is 0 Å². The van der Waals surface area contributed by atoms with Gasteiger partial charge in [0.05, 0.1) is 22.8 Å². The van der Waals surface area contributed by atoms with Crippen LogP contribution >= 0.6 is 11.6 Å². The molecule has 2 heterocycles. The van der Waals surface area contributed by atoms with Gasteiger partial charge in [-0.1, -0.05) is 41.9 Å². The maximum absolute atomic E-state index is 12.7. The van der Waals surface area contributed by atoms with E-state index >= 15 is 0 Å². The van der Waals surface area contributed by atoms with Gasteiger partial charge in [-0.2, -0.15) is 0 Å². The van der Waals surface area contributed by atoms with Gasteiger partial charge in [0.15, 0.2) is 0 Å². The van der Waals surface area contributed by atoms with Crippen molar-refractivity contribution in [3.8, 4) is 0 Å². The summed E-state index contributed by atoms with van der Waals surface area (Å²) in [5, 5.41) is 0.524. The minimum Gasteiger partial charge on any atom is -0.375 e. The molecule has 0 spiro atoms. The minimum atomic E-state index is 0.0280. The molecule has 2 aromatic rings. The number of piperidine rings is 2. The van der Waals surface area contributed by atoms with Gasteiger partial charge >= 0.3 is 0 Å². The number of hydrogen-bond acceptors (Lipinski definition) is 3. The molecule has 4 nitrogen and oxygen atoms in total. The summed E-state index contributed by atoms with van der Waals surface area (Å²) in [5.41, 5.74) is 1.89. The molecule has 28 heavy (non-hydrogen) atoms. The number of rotatable bonds is 4. The predicted molar refractivity (Wildman–Crippen MR) is 113 cm³/mol. The fraction of sp³-hybridized carbons (Fsp3) is 0.435. The van der Waals surface area contributed by atoms with Crippen LogP contribution < -0.4 is 4.90 Å². The van der Waals surface area contributed by atoms with E-state index < -0.39 is 0 Å². The molecule has 0 N–H and O–H groups in total. The molecule has 0 aromatic heterocycles. The van der Waals surface area contributed by atoms with E-state index in [-0.39, 0.29) is 12.0 Å². The summed E-state index contributed by atoms with van der Waals surface area (Å²) in [6.07, 6.45) is 4.50. The lowest BCUT2D eigenvalue weighted by Gasteiger charge is -2.38. The lowest BCUT2D eigenvalue weighted by molar-refractivity contribution is -0.0477. The Morgan fingerprint density at radius 1 is 0.821 bits per heavy atom. The number of carbonyl (C=O) groups is 1. The van der Waals surface area contributed by atoms with Crippen molar-refractivity contribution in [1.29, 1.82) is 0 Å². The fourth-order valence-corrected chi connectivity index (χ4v) is 4.38. The average Bonchev–Trinajstić information content (AvgIpc) is 2.75. The highest BCUT2D eigenvalue weighted by molar-refractivity contribution is 6.33. The van der Waals surface area contributed by atoms with Gasteiger partial charge in [-0.05, 0) is 49.9 Å². The van der Waals surface area contributed by atoms with Crippen LogP contribution in [-0.2, 0) is 4.74 Å². The molecule has 2 fully saturated rings. The first-order valence-corrected chi connectivity index (χ1v) is 10.6. The quantitative estimate of drug-likeness (QED) is 0.752. The topological polar surface area (TPSA) is 32.8 Å². The number of ether oxygens (including phenoxy) is 1. The van der Waals surface area contributed by atoms with Crippen LogP contribution in [0.5, 0.6) is 0 Å². The molecule has 2 aliphatic rings. The number of amides is 1. The van der Waals surface area contributed by atoms with Gasteiger partial charge < -0.3 is 14.5 Å². The number of halogens is 1. The third kappa shape index (κ3) is 4.50. The second kappa shape index (κ2) is 8.97. The van der Waals surface area contributed by atoms with E-state index in [9.17, 15) is 4.79 Å². The van der Waals surface area contributed by atoms with E-state index in [1.54, 1.807) is 12.1 Å². The number of benzene rings is 2. The van der Waals surface area contributed by atoms with Crippen LogP contribution in [0.2, 0.25) is 5.02 Å². The molecular weight excluding hydrogens is 372 g/mol. The maximum atomic E-state index is 12.7. The number of hydrogen-bond donors (Lipinski definition) is 0. The Balaban J connectivity index is 1.23. The summed E-state index contributed by atoms with van der Waals surface area (Å²) >= 11 is 6.18. The van der Waals surface area contributed by atoms with Crippen molar-refractivity contribution in [2.45, 2.75) is 37.9 Å². The molecule has 0 aliphatic carbocycles. The van der Waals surface area contributed by atoms with Crippen molar-refractivity contribution in [2.75, 3.05) is 31.1 Å². The molecule has 148 valence electrons. The number of carbonyl (C=O) groups excluding carboxylic acids is 1. The largest absolute Gasteiger partial charge is 0.375 e. The summed E-state index contributed by atoms with van der Waals surface area (Å²) in [4.78, 5) is 17.0. The highest BCUT2D eigenvalue weighted by Crippen LogP contribution is 2.25. The van der Waals surface area contributed by atoms with Gasteiger partial charge in [-0.15, -0.1) is 0 Å². The first kappa shape index (κ1) is 19.3. The fourth-order valence-electron chi connectivity index (χ4n) is 4.16. The molecule has 2 saturated heterocycles. The van der Waals surface area contributed by atoms with E-state index in [1.165, 1.54) is 5.69 Å². The minimum absolute atomic E-state index is 0.0280. The second-order valence-corrected chi connectivity index (χ2v) is 8.04. The molecule has 0 unspecified atom stereocenters.